The van der Waals surface area contributed by atoms with Gasteiger partial charge >= 0.3 is 0 Å². The van der Waals surface area contributed by atoms with Crippen LogP contribution in [0.3, 0.4) is 0 Å². The van der Waals surface area contributed by atoms with Gasteiger partial charge in [0, 0.05) is 0 Å². The maximum atomic E-state index is 11.4. The number of aliphatic hydroxyl groups is 1. The van der Waals surface area contributed by atoms with Gasteiger partial charge in [-0.05, 0) is 26.7 Å². The molecule has 1 aliphatic rings. The number of carbonyl (C=O) groups is 1. The van der Waals surface area contributed by atoms with Gasteiger partial charge in [0.15, 0.2) is 0 Å². The average molecular weight is 185 g/mol. The predicted octanol–water partition coefficient (Wildman–Crippen LogP) is 1.19. The quantitative estimate of drug-likeness (QED) is 0.678. The maximum Gasteiger partial charge on any atom is 0.226 e. The Morgan fingerprint density at radius 2 is 1.77 bits per heavy atom. The third-order valence-electron chi connectivity index (χ3n) is 3.35. The molecule has 0 aliphatic heterocycles. The minimum atomic E-state index is -0.987. The fourth-order valence-electron chi connectivity index (χ4n) is 2.32. The summed E-state index contributed by atoms with van der Waals surface area (Å²) in [5, 5.41) is 9.96. The number of hydrogen-bond acceptors (Lipinski definition) is 2. The molecule has 0 radical (unpaired) electrons. The molecule has 1 saturated carbocycles. The zero-order chi connectivity index (χ0) is 10.1. The Hall–Kier alpha value is -0.570. The average Bonchev–Trinajstić information content (AvgIpc) is 2.03. The fraction of sp³-hybridized carbons (Fsp3) is 0.900. The van der Waals surface area contributed by atoms with Gasteiger partial charge in [-0.3, -0.25) is 4.79 Å². The van der Waals surface area contributed by atoms with Crippen LogP contribution in [0.15, 0.2) is 0 Å². The summed E-state index contributed by atoms with van der Waals surface area (Å²) in [6.07, 6.45) is 4.59. The largest absolute Gasteiger partial charge is 0.389 e. The Kier molecular flexibility index (Phi) is 2.66. The van der Waals surface area contributed by atoms with Gasteiger partial charge in [0.1, 0.15) is 0 Å². The molecule has 13 heavy (non-hydrogen) atoms. The molecule has 0 aromatic rings. The van der Waals surface area contributed by atoms with E-state index in [0.717, 1.165) is 32.1 Å². The van der Waals surface area contributed by atoms with Gasteiger partial charge in [-0.25, -0.2) is 0 Å². The van der Waals surface area contributed by atoms with Gasteiger partial charge < -0.3 is 10.8 Å². The van der Waals surface area contributed by atoms with Crippen molar-refractivity contribution >= 4 is 5.91 Å². The lowest BCUT2D eigenvalue weighted by Gasteiger charge is -2.43. The molecule has 1 aliphatic carbocycles. The molecule has 76 valence electrons. The smallest absolute Gasteiger partial charge is 0.226 e. The molecule has 0 bridgehead atoms. The second-order valence-electron chi connectivity index (χ2n) is 4.57. The maximum absolute atomic E-state index is 11.4. The van der Waals surface area contributed by atoms with Gasteiger partial charge in [0.25, 0.3) is 0 Å². The van der Waals surface area contributed by atoms with Crippen LogP contribution in [0.2, 0.25) is 0 Å². The Morgan fingerprint density at radius 3 is 2.00 bits per heavy atom. The normalized spacial score (nSPS) is 22.7. The molecule has 0 aromatic carbocycles. The number of rotatable bonds is 2. The van der Waals surface area contributed by atoms with Crippen LogP contribution in [0.5, 0.6) is 0 Å². The molecule has 0 saturated heterocycles. The molecular formula is C10H19NO2. The summed E-state index contributed by atoms with van der Waals surface area (Å²) in [4.78, 5) is 11.4. The molecule has 0 spiro atoms. The summed E-state index contributed by atoms with van der Waals surface area (Å²) in [6.45, 7) is 3.37. The van der Waals surface area contributed by atoms with Crippen molar-refractivity contribution in [2.75, 3.05) is 0 Å². The molecular weight excluding hydrogens is 166 g/mol. The first-order valence-electron chi connectivity index (χ1n) is 4.92. The van der Waals surface area contributed by atoms with Crippen LogP contribution in [0, 0.1) is 5.41 Å². The van der Waals surface area contributed by atoms with Gasteiger partial charge in [-0.1, -0.05) is 19.3 Å². The monoisotopic (exact) mass is 185 g/mol. The Morgan fingerprint density at radius 1 is 1.31 bits per heavy atom. The molecule has 3 heteroatoms. The van der Waals surface area contributed by atoms with Crippen LogP contribution in [0.4, 0.5) is 0 Å². The molecule has 0 unspecified atom stereocenters. The number of primary amides is 1. The minimum Gasteiger partial charge on any atom is -0.389 e. The molecule has 3 nitrogen and oxygen atoms in total. The van der Waals surface area contributed by atoms with E-state index >= 15 is 0 Å². The summed E-state index contributed by atoms with van der Waals surface area (Å²) in [6, 6.07) is 0. The van der Waals surface area contributed by atoms with E-state index in [9.17, 15) is 9.90 Å². The van der Waals surface area contributed by atoms with E-state index in [2.05, 4.69) is 0 Å². The van der Waals surface area contributed by atoms with E-state index in [0.29, 0.717) is 0 Å². The topological polar surface area (TPSA) is 63.3 Å². The highest BCUT2D eigenvalue weighted by Gasteiger charge is 2.49. The lowest BCUT2D eigenvalue weighted by Crippen LogP contribution is -2.53. The Balaban J connectivity index is 2.93. The van der Waals surface area contributed by atoms with Crippen molar-refractivity contribution in [3.8, 4) is 0 Å². The van der Waals surface area contributed by atoms with Crippen LogP contribution in [-0.2, 0) is 4.79 Å². The summed E-state index contributed by atoms with van der Waals surface area (Å²) in [5.74, 6) is -0.347. The highest BCUT2D eigenvalue weighted by atomic mass is 16.3. The van der Waals surface area contributed by atoms with E-state index in [4.69, 9.17) is 5.73 Å². The predicted molar refractivity (Wildman–Crippen MR) is 51.0 cm³/mol. The van der Waals surface area contributed by atoms with Crippen molar-refractivity contribution in [3.63, 3.8) is 0 Å². The highest BCUT2D eigenvalue weighted by Crippen LogP contribution is 2.44. The first kappa shape index (κ1) is 10.5. The molecule has 0 heterocycles. The van der Waals surface area contributed by atoms with E-state index in [1.54, 1.807) is 13.8 Å². The SMILES string of the molecule is CC(C)(O)C1(C(N)=O)CCCCC1. The lowest BCUT2D eigenvalue weighted by atomic mass is 9.64. The Bertz CT molecular complexity index is 199. The van der Waals surface area contributed by atoms with Crippen LogP contribution in [0.25, 0.3) is 0 Å². The molecule has 1 rings (SSSR count). The molecule has 0 aromatic heterocycles. The van der Waals surface area contributed by atoms with Gasteiger partial charge in [-0.2, -0.15) is 0 Å². The highest BCUT2D eigenvalue weighted by molar-refractivity contribution is 5.82. The van der Waals surface area contributed by atoms with Crippen molar-refractivity contribution in [2.45, 2.75) is 51.6 Å². The van der Waals surface area contributed by atoms with E-state index in [-0.39, 0.29) is 5.91 Å². The number of hydrogen-bond donors (Lipinski definition) is 2. The summed E-state index contributed by atoms with van der Waals surface area (Å²) < 4.78 is 0. The van der Waals surface area contributed by atoms with Crippen molar-refractivity contribution < 1.29 is 9.90 Å². The van der Waals surface area contributed by atoms with Crippen LogP contribution in [0.1, 0.15) is 46.0 Å². The standard InChI is InChI=1S/C10H19NO2/c1-9(2,13)10(8(11)12)6-4-3-5-7-10/h13H,3-7H2,1-2H3,(H2,11,12). The summed E-state index contributed by atoms with van der Waals surface area (Å²) in [5.41, 5.74) is 3.71. The van der Waals surface area contributed by atoms with Crippen molar-refractivity contribution in [3.05, 3.63) is 0 Å². The first-order chi connectivity index (χ1) is 5.90. The number of nitrogens with two attached hydrogens (primary N) is 1. The van der Waals surface area contributed by atoms with Crippen molar-refractivity contribution in [2.24, 2.45) is 11.1 Å². The van der Waals surface area contributed by atoms with Crippen molar-refractivity contribution in [1.29, 1.82) is 0 Å². The van der Waals surface area contributed by atoms with Gasteiger partial charge in [-0.15, -0.1) is 0 Å². The molecule has 3 N–H and O–H groups in total. The molecule has 0 atom stereocenters. The molecule has 1 amide bonds. The number of amides is 1. The third kappa shape index (κ3) is 1.70. The van der Waals surface area contributed by atoms with Gasteiger partial charge in [0.05, 0.1) is 11.0 Å². The summed E-state index contributed by atoms with van der Waals surface area (Å²) in [7, 11) is 0. The van der Waals surface area contributed by atoms with Crippen LogP contribution >= 0.6 is 0 Å². The summed E-state index contributed by atoms with van der Waals surface area (Å²) >= 11 is 0. The van der Waals surface area contributed by atoms with Crippen LogP contribution in [-0.4, -0.2) is 16.6 Å². The zero-order valence-electron chi connectivity index (χ0n) is 8.47. The van der Waals surface area contributed by atoms with E-state index in [1.807, 2.05) is 0 Å². The first-order valence-corrected chi connectivity index (χ1v) is 4.92. The number of carbonyl (C=O) groups excluding carboxylic acids is 1. The van der Waals surface area contributed by atoms with E-state index in [1.165, 1.54) is 0 Å². The Labute approximate surface area is 79.3 Å². The lowest BCUT2D eigenvalue weighted by molar-refractivity contribution is -0.148. The van der Waals surface area contributed by atoms with E-state index < -0.39 is 11.0 Å². The second kappa shape index (κ2) is 3.29. The zero-order valence-corrected chi connectivity index (χ0v) is 8.47. The van der Waals surface area contributed by atoms with Crippen molar-refractivity contribution in [1.82, 2.24) is 0 Å². The fourth-order valence-corrected chi connectivity index (χ4v) is 2.32. The third-order valence-corrected chi connectivity index (χ3v) is 3.35. The second-order valence-corrected chi connectivity index (χ2v) is 4.57. The molecule has 1 fully saturated rings. The van der Waals surface area contributed by atoms with Gasteiger partial charge in [0.2, 0.25) is 5.91 Å². The minimum absolute atomic E-state index is 0.347. The van der Waals surface area contributed by atoms with Crippen LogP contribution < -0.4 is 5.73 Å².